The summed E-state index contributed by atoms with van der Waals surface area (Å²) in [5.74, 6) is 0.983. The van der Waals surface area contributed by atoms with E-state index in [1.54, 1.807) is 6.07 Å². The van der Waals surface area contributed by atoms with Gasteiger partial charge in [-0.05, 0) is 36.2 Å². The number of halogens is 1. The summed E-state index contributed by atoms with van der Waals surface area (Å²) in [6.07, 6.45) is 0. The Hall–Kier alpha value is -1.96. The van der Waals surface area contributed by atoms with E-state index in [-0.39, 0.29) is 11.9 Å². The van der Waals surface area contributed by atoms with E-state index < -0.39 is 0 Å². The number of hydrogen-bond acceptors (Lipinski definition) is 3. The van der Waals surface area contributed by atoms with Crippen LogP contribution in [-0.4, -0.2) is 11.7 Å². The first kappa shape index (κ1) is 17.4. The standard InChI is InChI=1S/C18H17ClN2OS/c1-13(14-6-8-17(19)9-7-14)21-18(22)12-23-11-16-5-3-2-4-15(16)10-20/h2-9,13H,11-12H2,1H3,(H,21,22)/t13-/m0/s1. The Morgan fingerprint density at radius 1 is 1.26 bits per heavy atom. The first-order valence-electron chi connectivity index (χ1n) is 7.20. The molecule has 1 amide bonds. The fourth-order valence-electron chi connectivity index (χ4n) is 2.13. The van der Waals surface area contributed by atoms with Crippen LogP contribution in [-0.2, 0) is 10.5 Å². The zero-order valence-corrected chi connectivity index (χ0v) is 14.3. The minimum absolute atomic E-state index is 0.0214. The van der Waals surface area contributed by atoms with Gasteiger partial charge in [0.05, 0.1) is 23.4 Å². The first-order valence-corrected chi connectivity index (χ1v) is 8.74. The maximum Gasteiger partial charge on any atom is 0.230 e. The van der Waals surface area contributed by atoms with Gasteiger partial charge in [0, 0.05) is 10.8 Å². The molecule has 118 valence electrons. The Morgan fingerprint density at radius 3 is 2.65 bits per heavy atom. The minimum atomic E-state index is -0.0632. The molecule has 0 aliphatic heterocycles. The molecular weight excluding hydrogens is 328 g/mol. The van der Waals surface area contributed by atoms with E-state index in [2.05, 4.69) is 11.4 Å². The summed E-state index contributed by atoms with van der Waals surface area (Å²) in [5.41, 5.74) is 2.64. The molecule has 0 aromatic heterocycles. The van der Waals surface area contributed by atoms with Gasteiger partial charge in [0.1, 0.15) is 0 Å². The number of amides is 1. The maximum absolute atomic E-state index is 12.0. The number of nitrogens with one attached hydrogen (secondary N) is 1. The smallest absolute Gasteiger partial charge is 0.230 e. The molecule has 0 radical (unpaired) electrons. The predicted molar refractivity (Wildman–Crippen MR) is 95.3 cm³/mol. The highest BCUT2D eigenvalue weighted by Gasteiger charge is 2.10. The van der Waals surface area contributed by atoms with Crippen LogP contribution in [0.4, 0.5) is 0 Å². The van der Waals surface area contributed by atoms with Gasteiger partial charge in [-0.3, -0.25) is 4.79 Å². The van der Waals surface area contributed by atoms with Gasteiger partial charge >= 0.3 is 0 Å². The van der Waals surface area contributed by atoms with Crippen LogP contribution in [0.1, 0.15) is 29.7 Å². The van der Waals surface area contributed by atoms with Gasteiger partial charge in [0.2, 0.25) is 5.91 Å². The van der Waals surface area contributed by atoms with E-state index in [0.717, 1.165) is 11.1 Å². The molecule has 23 heavy (non-hydrogen) atoms. The summed E-state index contributed by atoms with van der Waals surface area (Å²) in [4.78, 5) is 12.0. The fraction of sp³-hybridized carbons (Fsp3) is 0.222. The molecule has 2 aromatic rings. The van der Waals surface area contributed by atoms with Crippen LogP contribution in [0.3, 0.4) is 0 Å². The van der Waals surface area contributed by atoms with Gasteiger partial charge in [-0.1, -0.05) is 41.9 Å². The number of carbonyl (C=O) groups excluding carboxylic acids is 1. The monoisotopic (exact) mass is 344 g/mol. The van der Waals surface area contributed by atoms with Crippen LogP contribution in [0.5, 0.6) is 0 Å². The molecule has 0 heterocycles. The largest absolute Gasteiger partial charge is 0.349 e. The Morgan fingerprint density at radius 2 is 1.96 bits per heavy atom. The number of rotatable bonds is 6. The van der Waals surface area contributed by atoms with Crippen LogP contribution >= 0.6 is 23.4 Å². The van der Waals surface area contributed by atoms with E-state index in [1.165, 1.54) is 11.8 Å². The highest BCUT2D eigenvalue weighted by Crippen LogP contribution is 2.18. The number of carbonyl (C=O) groups is 1. The van der Waals surface area contributed by atoms with Crippen molar-refractivity contribution in [3.05, 3.63) is 70.2 Å². The highest BCUT2D eigenvalue weighted by atomic mass is 35.5. The summed E-state index contributed by atoms with van der Waals surface area (Å²) in [6.45, 7) is 1.94. The molecule has 0 bridgehead atoms. The average molecular weight is 345 g/mol. The van der Waals surface area contributed by atoms with Crippen molar-refractivity contribution in [3.8, 4) is 6.07 Å². The zero-order valence-electron chi connectivity index (χ0n) is 12.8. The van der Waals surface area contributed by atoms with Crippen molar-refractivity contribution in [2.75, 3.05) is 5.75 Å². The SMILES string of the molecule is C[C@H](NC(=O)CSCc1ccccc1C#N)c1ccc(Cl)cc1. The summed E-state index contributed by atoms with van der Waals surface area (Å²) in [5, 5.41) is 12.7. The molecule has 0 aliphatic rings. The molecule has 1 atom stereocenters. The molecule has 1 N–H and O–H groups in total. The number of nitriles is 1. The van der Waals surface area contributed by atoms with Crippen molar-refractivity contribution in [2.24, 2.45) is 0 Å². The molecular formula is C18H17ClN2OS. The Labute approximate surface area is 145 Å². The van der Waals surface area contributed by atoms with Crippen LogP contribution < -0.4 is 5.32 Å². The molecule has 2 rings (SSSR count). The molecule has 0 saturated carbocycles. The quantitative estimate of drug-likeness (QED) is 0.848. The van der Waals surface area contributed by atoms with Crippen molar-refractivity contribution in [3.63, 3.8) is 0 Å². The maximum atomic E-state index is 12.0. The third-order valence-corrected chi connectivity index (χ3v) is 4.61. The second-order valence-corrected chi connectivity index (χ2v) is 6.52. The van der Waals surface area contributed by atoms with Crippen molar-refractivity contribution in [2.45, 2.75) is 18.7 Å². The van der Waals surface area contributed by atoms with Crippen LogP contribution in [0, 0.1) is 11.3 Å². The molecule has 0 unspecified atom stereocenters. The topological polar surface area (TPSA) is 52.9 Å². The predicted octanol–water partition coefficient (Wildman–Crippen LogP) is 4.32. The van der Waals surface area contributed by atoms with E-state index in [0.29, 0.717) is 22.1 Å². The lowest BCUT2D eigenvalue weighted by molar-refractivity contribution is -0.119. The lowest BCUT2D eigenvalue weighted by Crippen LogP contribution is -2.28. The highest BCUT2D eigenvalue weighted by molar-refractivity contribution is 7.99. The van der Waals surface area contributed by atoms with Crippen molar-refractivity contribution in [1.82, 2.24) is 5.32 Å². The van der Waals surface area contributed by atoms with E-state index >= 15 is 0 Å². The van der Waals surface area contributed by atoms with Crippen LogP contribution in [0.15, 0.2) is 48.5 Å². The van der Waals surface area contributed by atoms with Gasteiger partial charge in [-0.15, -0.1) is 11.8 Å². The van der Waals surface area contributed by atoms with E-state index in [9.17, 15) is 4.79 Å². The number of hydrogen-bond donors (Lipinski definition) is 1. The van der Waals surface area contributed by atoms with Gasteiger partial charge in [-0.25, -0.2) is 0 Å². The van der Waals surface area contributed by atoms with E-state index in [1.807, 2.05) is 49.4 Å². The number of nitrogens with zero attached hydrogens (tertiary/aromatic N) is 1. The summed E-state index contributed by atoms with van der Waals surface area (Å²) < 4.78 is 0. The summed E-state index contributed by atoms with van der Waals surface area (Å²) in [7, 11) is 0. The molecule has 5 heteroatoms. The van der Waals surface area contributed by atoms with Crippen LogP contribution in [0.25, 0.3) is 0 Å². The Bertz CT molecular complexity index is 710. The normalized spacial score (nSPS) is 11.5. The van der Waals surface area contributed by atoms with Gasteiger partial charge in [0.15, 0.2) is 0 Å². The van der Waals surface area contributed by atoms with Gasteiger partial charge in [-0.2, -0.15) is 5.26 Å². The molecule has 3 nitrogen and oxygen atoms in total. The Balaban J connectivity index is 1.81. The lowest BCUT2D eigenvalue weighted by Gasteiger charge is -2.14. The van der Waals surface area contributed by atoms with E-state index in [4.69, 9.17) is 16.9 Å². The molecule has 0 spiro atoms. The fourth-order valence-corrected chi connectivity index (χ4v) is 3.10. The first-order chi connectivity index (χ1) is 11.1. The average Bonchev–Trinajstić information content (AvgIpc) is 2.55. The lowest BCUT2D eigenvalue weighted by atomic mass is 10.1. The summed E-state index contributed by atoms with van der Waals surface area (Å²) in [6, 6.07) is 17.0. The third-order valence-electron chi connectivity index (χ3n) is 3.38. The second kappa shape index (κ2) is 8.61. The molecule has 0 fully saturated rings. The molecule has 2 aromatic carbocycles. The van der Waals surface area contributed by atoms with Crippen molar-refractivity contribution >= 4 is 29.3 Å². The van der Waals surface area contributed by atoms with Crippen LogP contribution in [0.2, 0.25) is 5.02 Å². The third kappa shape index (κ3) is 5.31. The van der Waals surface area contributed by atoms with Gasteiger partial charge in [0.25, 0.3) is 0 Å². The van der Waals surface area contributed by atoms with Crippen molar-refractivity contribution in [1.29, 1.82) is 5.26 Å². The minimum Gasteiger partial charge on any atom is -0.349 e. The second-order valence-electron chi connectivity index (χ2n) is 5.10. The van der Waals surface area contributed by atoms with Crippen molar-refractivity contribution < 1.29 is 4.79 Å². The molecule has 0 aliphatic carbocycles. The van der Waals surface area contributed by atoms with Gasteiger partial charge < -0.3 is 5.32 Å². The Kier molecular flexibility index (Phi) is 6.52. The molecule has 0 saturated heterocycles. The zero-order chi connectivity index (χ0) is 16.7. The number of thioether (sulfide) groups is 1. The number of benzene rings is 2. The summed E-state index contributed by atoms with van der Waals surface area (Å²) >= 11 is 7.36.